The Morgan fingerprint density at radius 1 is 0.481 bits per heavy atom. The number of rotatable bonds is 11. The summed E-state index contributed by atoms with van der Waals surface area (Å²) < 4.78 is 110. The maximum Gasteiger partial charge on any atom is 0.338 e. The molecule has 9 saturated heterocycles. The summed E-state index contributed by atoms with van der Waals surface area (Å²) in [5, 5.41) is 28.1. The molecule has 576 valence electrons. The molecule has 0 aliphatic carbocycles. The second-order valence-electron chi connectivity index (χ2n) is 28.0. The number of hydrogen-bond donors (Lipinski definition) is 3. The molecule has 14 aliphatic heterocycles. The average Bonchev–Trinajstić information content (AvgIpc) is 1.59. The van der Waals surface area contributed by atoms with E-state index in [9.17, 15) is 67.3 Å². The summed E-state index contributed by atoms with van der Waals surface area (Å²) in [5.74, 6) is -11.7. The molecule has 1 aromatic rings. The Bertz CT molecular complexity index is 3840. The van der Waals surface area contributed by atoms with E-state index >= 15 is 4.39 Å². The molecule has 0 bridgehead atoms. The van der Waals surface area contributed by atoms with Gasteiger partial charge in [-0.3, -0.25) is 72.4 Å². The van der Waals surface area contributed by atoms with E-state index in [0.29, 0.717) is 5.76 Å². The Morgan fingerprint density at radius 2 is 0.858 bits per heavy atom. The highest BCUT2D eigenvalue weighted by molar-refractivity contribution is 14.1. The maximum atomic E-state index is 15.8. The molecule has 0 saturated carbocycles. The number of alkyl halides is 4. The Balaban J connectivity index is 0.000000134. The van der Waals surface area contributed by atoms with Crippen LogP contribution in [0.3, 0.4) is 0 Å². The van der Waals surface area contributed by atoms with Crippen molar-refractivity contribution in [3.8, 4) is 0 Å². The van der Waals surface area contributed by atoms with Gasteiger partial charge in [0.25, 0.3) is 5.85 Å². The molecule has 0 radical (unpaired) electrons. The van der Waals surface area contributed by atoms with Crippen molar-refractivity contribution in [2.24, 2.45) is 0 Å². The van der Waals surface area contributed by atoms with Crippen LogP contribution in [0.5, 0.6) is 0 Å². The number of benzene rings is 1. The fourth-order valence-corrected chi connectivity index (χ4v) is 14.9. The normalized spacial score (nSPS) is 37.4. The van der Waals surface area contributed by atoms with Crippen LogP contribution in [0, 0.1) is 0 Å². The van der Waals surface area contributed by atoms with Crippen LogP contribution in [0.15, 0.2) is 104 Å². The van der Waals surface area contributed by atoms with E-state index in [0.717, 1.165) is 14.2 Å². The molecule has 3 N–H and O–H groups in total. The molecule has 0 spiro atoms. The number of allylic oxidation sites excluding steroid dienone is 5. The van der Waals surface area contributed by atoms with E-state index in [4.69, 9.17) is 71.4 Å². The molecule has 9 fully saturated rings. The quantitative estimate of drug-likeness (QED) is 0.124. The van der Waals surface area contributed by atoms with Crippen molar-refractivity contribution < 1.29 is 143 Å². The van der Waals surface area contributed by atoms with Gasteiger partial charge >= 0.3 is 5.97 Å². The zero-order chi connectivity index (χ0) is 77.1. The van der Waals surface area contributed by atoms with Crippen LogP contribution in [-0.4, -0.2) is 266 Å². The second kappa shape index (κ2) is 31.4. The van der Waals surface area contributed by atoms with Gasteiger partial charge in [0.15, 0.2) is 102 Å². The highest BCUT2D eigenvalue weighted by atomic mass is 127. The second-order valence-corrected chi connectivity index (χ2v) is 29.7. The van der Waals surface area contributed by atoms with Crippen LogP contribution in [0.2, 0.25) is 0 Å². The third kappa shape index (κ3) is 17.2. The summed E-state index contributed by atoms with van der Waals surface area (Å²) in [6, 6.07) is 8.14. The van der Waals surface area contributed by atoms with Gasteiger partial charge in [0.05, 0.1) is 54.8 Å². The van der Waals surface area contributed by atoms with Crippen LogP contribution >= 0.6 is 45.2 Å². The molecule has 19 atom stereocenters. The van der Waals surface area contributed by atoms with E-state index < -0.39 is 152 Å². The SMILES string of the molecule is C=C1O[C@@H](N2C=CC(=O)CC2=O)[C@@H]2OC(C)(C)O[C@H]12.CC1(C)O[C@@H]2[C@H](O1)[C@@H](CI)O[C@H]2N1C=CC(=O)CC1=O.CC1(C)O[C@H]2[C@H](N3C=CC(=O)CC3=O)O[C@](F)(CI)[C@H]2O1.CC1(C)O[C@H]2[C@H](N3C=CC(=O)CC3=O)O[C@](F)(COC(=O)c3ccccc3)[C@H]2O1.O=C1C=CN([C@@H]2O[C@H](CO)[C@@H](O)[C@H]2O)C(=O)C1. The number of fused-ring (bicyclic) bond motifs is 4. The maximum absolute atomic E-state index is 15.8. The molecule has 15 rings (SSSR count). The van der Waals surface area contributed by atoms with Gasteiger partial charge in [0.1, 0.15) is 54.6 Å². The highest BCUT2D eigenvalue weighted by Crippen LogP contribution is 2.49. The van der Waals surface area contributed by atoms with Gasteiger partial charge in [0, 0.05) is 35.4 Å². The lowest BCUT2D eigenvalue weighted by molar-refractivity contribution is -0.267. The Hall–Kier alpha value is -6.65. The fourth-order valence-electron chi connectivity index (χ4n) is 13.5. The van der Waals surface area contributed by atoms with Crippen LogP contribution in [0.1, 0.15) is 97.9 Å². The summed E-state index contributed by atoms with van der Waals surface area (Å²) in [6.07, 6.45) is -1.12. The molecule has 106 heavy (non-hydrogen) atoms. The van der Waals surface area contributed by atoms with Gasteiger partial charge in [-0.15, -0.1) is 0 Å². The van der Waals surface area contributed by atoms with Gasteiger partial charge in [-0.25, -0.2) is 13.6 Å². The number of amides is 5. The summed E-state index contributed by atoms with van der Waals surface area (Å²) in [6.45, 7) is 16.5. The number of halogens is 4. The minimum Gasteiger partial charge on any atom is -0.469 e. The molecule has 33 nitrogen and oxygen atoms in total. The van der Waals surface area contributed by atoms with E-state index in [2.05, 4.69) is 29.2 Å². The summed E-state index contributed by atoms with van der Waals surface area (Å²) in [5.41, 5.74) is 0.263. The first-order valence-electron chi connectivity index (χ1n) is 33.5. The van der Waals surface area contributed by atoms with E-state index in [1.165, 1.54) is 76.1 Å². The Morgan fingerprint density at radius 3 is 1.29 bits per heavy atom. The molecule has 0 unspecified atom stereocenters. The van der Waals surface area contributed by atoms with E-state index in [-0.39, 0.29) is 107 Å². The van der Waals surface area contributed by atoms with Crippen molar-refractivity contribution in [3.63, 3.8) is 0 Å². The summed E-state index contributed by atoms with van der Waals surface area (Å²) in [7, 11) is 0. The van der Waals surface area contributed by atoms with Gasteiger partial charge in [-0.2, -0.15) is 0 Å². The zero-order valence-corrected chi connectivity index (χ0v) is 62.7. The molecule has 14 heterocycles. The predicted octanol–water partition coefficient (Wildman–Crippen LogP) is 2.39. The lowest BCUT2D eigenvalue weighted by Crippen LogP contribution is -2.46. The number of esters is 1. The lowest BCUT2D eigenvalue weighted by atomic mass is 10.1. The first-order chi connectivity index (χ1) is 49.8. The standard InChI is InChI=1S/C20H20FNO7.C13H15FINO5.C13H16INO5.C13H15NO5.C10H13NO6/c1-19(2)27-15-16(28-19)20(21,11-26-18(25)12-6-4-3-5-7-12)29-17(15)22-9-8-13(23)10-14(22)24;1-12(2)19-9-10(20-12)13(14,6-15)21-11(9)16-4-3-7(17)5-8(16)18;1-13(2)19-10-8(6-14)18-12(11(10)20-13)15-4-3-7(16)5-9(15)17;1-7-10-11(19-13(2,3)18-10)12(17-7)14-5-4-8(15)6-9(14)16;12-4-6-8(15)9(16)10(17-6)11-2-1-5(13)3-7(11)14/h3-9,15-17H,10-11H2,1-2H3;3-4,9-11H,5-6H2,1-2H3;3-4,8,10-12H,5-6H2,1-2H3;4-5,10-12H,1,6H2,2-3H3;1-2,6,8-10,12,15-16H,3-4H2/t15-,16+,17-,20-;9-,10+,11-,13-;8-,10-,11-,12-;10-,11-,12-;6-,8-,9-,10-/m11111/s1. The van der Waals surface area contributed by atoms with E-state index in [1.807, 2.05) is 36.4 Å². The van der Waals surface area contributed by atoms with Gasteiger partial charge < -0.3 is 81.6 Å². The van der Waals surface area contributed by atoms with Crippen molar-refractivity contribution in [1.29, 1.82) is 0 Å². The molecule has 1 aromatic carbocycles. The minimum absolute atomic E-state index is 0.0482. The van der Waals surface area contributed by atoms with Gasteiger partial charge in [0.2, 0.25) is 41.6 Å². The molecular formula is C69H79F2I2N5O28. The van der Waals surface area contributed by atoms with Crippen LogP contribution in [0.4, 0.5) is 8.78 Å². The number of ether oxygens (including phenoxy) is 14. The predicted molar refractivity (Wildman–Crippen MR) is 366 cm³/mol. The van der Waals surface area contributed by atoms with Crippen LogP contribution in [-0.2, 0) is 114 Å². The van der Waals surface area contributed by atoms with Crippen molar-refractivity contribution in [2.45, 2.75) is 227 Å². The first-order valence-corrected chi connectivity index (χ1v) is 36.6. The van der Waals surface area contributed by atoms with Crippen molar-refractivity contribution in [1.82, 2.24) is 24.5 Å². The number of nitrogens with zero attached hydrogens (tertiary/aromatic N) is 5. The smallest absolute Gasteiger partial charge is 0.338 e. The molecule has 37 heteroatoms. The largest absolute Gasteiger partial charge is 0.469 e. The number of carbonyl (C=O) groups excluding carboxylic acids is 11. The minimum atomic E-state index is -2.54. The number of aliphatic hydroxyl groups excluding tert-OH is 3. The fraction of sp³-hybridized carbons (Fsp3) is 0.580. The van der Waals surface area contributed by atoms with Crippen molar-refractivity contribution in [3.05, 3.63) is 110 Å². The molecule has 5 amide bonds. The molecule has 14 aliphatic rings. The van der Waals surface area contributed by atoms with Crippen LogP contribution in [0.25, 0.3) is 0 Å². The van der Waals surface area contributed by atoms with Crippen molar-refractivity contribution in [2.75, 3.05) is 22.1 Å². The zero-order valence-electron chi connectivity index (χ0n) is 58.3. The molecular weight excluding hydrogens is 1640 g/mol. The topological polar surface area (TPSA) is 394 Å². The number of carbonyl (C=O) groups is 11. The highest BCUT2D eigenvalue weighted by Gasteiger charge is 2.68. The Labute approximate surface area is 632 Å². The Kier molecular flexibility index (Phi) is 23.8. The van der Waals surface area contributed by atoms with Crippen LogP contribution < -0.4 is 0 Å². The number of aliphatic hydroxyl groups is 3. The van der Waals surface area contributed by atoms with Crippen molar-refractivity contribution >= 4 is 110 Å². The number of ketones is 5. The average molecular weight is 1720 g/mol. The monoisotopic (exact) mass is 1720 g/mol. The first kappa shape index (κ1) is 80.4. The third-order valence-corrected chi connectivity index (χ3v) is 20.1. The van der Waals surface area contributed by atoms with Gasteiger partial charge in [-0.1, -0.05) is 70.0 Å². The van der Waals surface area contributed by atoms with Gasteiger partial charge in [-0.05, 0) is 97.9 Å². The third-order valence-electron chi connectivity index (χ3n) is 18.2. The molecule has 0 aromatic heterocycles. The number of hydrogen-bond acceptors (Lipinski definition) is 28. The summed E-state index contributed by atoms with van der Waals surface area (Å²) in [4.78, 5) is 134. The summed E-state index contributed by atoms with van der Waals surface area (Å²) >= 11 is 4.10. The lowest BCUT2D eigenvalue weighted by Gasteiger charge is -2.32. The van der Waals surface area contributed by atoms with E-state index in [1.54, 1.807) is 71.9 Å².